The van der Waals surface area contributed by atoms with Gasteiger partial charge >= 0.3 is 0 Å². The molecule has 0 radical (unpaired) electrons. The summed E-state index contributed by atoms with van der Waals surface area (Å²) < 4.78 is 11.9. The Kier molecular flexibility index (Phi) is 6.81. The molecule has 3 heterocycles. The van der Waals surface area contributed by atoms with Crippen molar-refractivity contribution in [3.8, 4) is 17.1 Å². The fraction of sp³-hybridized carbons (Fsp3) is 0.200. The molecule has 2 fully saturated rings. The van der Waals surface area contributed by atoms with Crippen molar-refractivity contribution in [2.45, 2.75) is 25.5 Å². The molecule has 7 nitrogen and oxygen atoms in total. The molecule has 2 amide bonds. The number of hydroxylamine groups is 1. The minimum Gasteiger partial charge on any atom is -0.494 e. The van der Waals surface area contributed by atoms with Gasteiger partial charge in [0, 0.05) is 10.6 Å². The Bertz CT molecular complexity index is 1520. The first-order valence-corrected chi connectivity index (χ1v) is 13.4. The van der Waals surface area contributed by atoms with Gasteiger partial charge in [-0.25, -0.2) is 9.96 Å². The number of furan rings is 1. The van der Waals surface area contributed by atoms with Gasteiger partial charge in [-0.05, 0) is 73.2 Å². The lowest BCUT2D eigenvalue weighted by atomic mass is 9.94. The maximum absolute atomic E-state index is 13.9. The molecule has 3 aromatic carbocycles. The van der Waals surface area contributed by atoms with Gasteiger partial charge in [0.25, 0.3) is 5.91 Å². The van der Waals surface area contributed by atoms with Crippen LogP contribution in [-0.2, 0) is 14.4 Å². The summed E-state index contributed by atoms with van der Waals surface area (Å²) >= 11 is 12.5. The highest BCUT2D eigenvalue weighted by Crippen LogP contribution is 2.48. The van der Waals surface area contributed by atoms with Crippen LogP contribution in [0.15, 0.2) is 89.3 Å². The molecule has 198 valence electrons. The minimum absolute atomic E-state index is 0.363. The van der Waals surface area contributed by atoms with Gasteiger partial charge in [-0.2, -0.15) is 0 Å². The topological polar surface area (TPSA) is 72.2 Å². The lowest BCUT2D eigenvalue weighted by molar-refractivity contribution is -0.126. The van der Waals surface area contributed by atoms with Crippen molar-refractivity contribution < 1.29 is 23.6 Å². The van der Waals surface area contributed by atoms with E-state index in [-0.39, 0.29) is 5.91 Å². The second-order valence-corrected chi connectivity index (χ2v) is 10.2. The Morgan fingerprint density at radius 1 is 0.872 bits per heavy atom. The van der Waals surface area contributed by atoms with Crippen molar-refractivity contribution in [1.29, 1.82) is 0 Å². The van der Waals surface area contributed by atoms with Gasteiger partial charge < -0.3 is 9.15 Å². The van der Waals surface area contributed by atoms with E-state index in [1.807, 2.05) is 37.3 Å². The molecular weight excluding hydrogens is 539 g/mol. The van der Waals surface area contributed by atoms with Gasteiger partial charge in [0.15, 0.2) is 6.10 Å². The van der Waals surface area contributed by atoms with Crippen LogP contribution in [0, 0.1) is 5.92 Å². The van der Waals surface area contributed by atoms with Crippen LogP contribution in [0.4, 0.5) is 11.4 Å². The van der Waals surface area contributed by atoms with E-state index < -0.39 is 24.0 Å². The number of halogens is 2. The number of fused-ring (bicyclic) bond motifs is 1. The summed E-state index contributed by atoms with van der Waals surface area (Å²) in [5.74, 6) is 0.0427. The first kappa shape index (κ1) is 25.5. The fourth-order valence-corrected chi connectivity index (χ4v) is 5.52. The number of para-hydroxylation sites is 1. The number of benzene rings is 3. The summed E-state index contributed by atoms with van der Waals surface area (Å²) in [6.45, 7) is 2.61. The van der Waals surface area contributed by atoms with Crippen LogP contribution >= 0.6 is 23.2 Å². The van der Waals surface area contributed by atoms with Crippen molar-refractivity contribution in [2.24, 2.45) is 5.92 Å². The van der Waals surface area contributed by atoms with Crippen LogP contribution in [0.25, 0.3) is 11.3 Å². The standard InChI is InChI=1S/C30H24Cl2N2O5/c1-2-16-37-21-11-9-19(10-12-21)33-29(35)26-27(34(39-28(26)30(33)36)20-6-4-3-5-7-20)25-15-14-24(38-25)22-13-8-18(31)17-23(22)32/h3-15,17,26-28H,2,16H2,1H3/t26-,27-,28+/m1/s1. The van der Waals surface area contributed by atoms with E-state index in [2.05, 4.69) is 0 Å². The molecule has 0 aliphatic carbocycles. The highest BCUT2D eigenvalue weighted by molar-refractivity contribution is 6.36. The molecule has 2 aliphatic heterocycles. The number of rotatable bonds is 7. The number of nitrogens with zero attached hydrogens (tertiary/aromatic N) is 2. The summed E-state index contributed by atoms with van der Waals surface area (Å²) in [4.78, 5) is 34.8. The van der Waals surface area contributed by atoms with Gasteiger partial charge in [0.05, 0.1) is 23.0 Å². The molecule has 0 N–H and O–H groups in total. The Hall–Kier alpha value is -3.78. The van der Waals surface area contributed by atoms with E-state index in [1.165, 1.54) is 4.90 Å². The third-order valence-electron chi connectivity index (χ3n) is 6.81. The molecule has 1 aromatic heterocycles. The quantitative estimate of drug-likeness (QED) is 0.224. The summed E-state index contributed by atoms with van der Waals surface area (Å²) in [7, 11) is 0. The highest BCUT2D eigenvalue weighted by Gasteiger charge is 2.61. The number of hydrogen-bond donors (Lipinski definition) is 0. The number of hydrogen-bond acceptors (Lipinski definition) is 6. The van der Waals surface area contributed by atoms with Crippen LogP contribution in [0.3, 0.4) is 0 Å². The van der Waals surface area contributed by atoms with E-state index in [4.69, 9.17) is 37.2 Å². The lowest BCUT2D eigenvalue weighted by Crippen LogP contribution is -2.37. The minimum atomic E-state index is -1.01. The van der Waals surface area contributed by atoms with Crippen LogP contribution in [-0.4, -0.2) is 24.5 Å². The maximum Gasteiger partial charge on any atom is 0.266 e. The first-order chi connectivity index (χ1) is 19.0. The predicted octanol–water partition coefficient (Wildman–Crippen LogP) is 7.09. The average Bonchev–Trinajstić information content (AvgIpc) is 3.63. The summed E-state index contributed by atoms with van der Waals surface area (Å²) in [6.07, 6.45) is -0.129. The third-order valence-corrected chi connectivity index (χ3v) is 7.36. The van der Waals surface area contributed by atoms with E-state index in [0.717, 1.165) is 6.42 Å². The molecule has 0 bridgehead atoms. The number of amides is 2. The normalized spacial score (nSPS) is 20.5. The second-order valence-electron chi connectivity index (χ2n) is 9.34. The van der Waals surface area contributed by atoms with E-state index >= 15 is 0 Å². The lowest BCUT2D eigenvalue weighted by Gasteiger charge is -2.27. The van der Waals surface area contributed by atoms with Crippen molar-refractivity contribution in [3.63, 3.8) is 0 Å². The van der Waals surface area contributed by atoms with Crippen molar-refractivity contribution in [3.05, 3.63) is 101 Å². The van der Waals surface area contributed by atoms with Crippen molar-refractivity contribution in [2.75, 3.05) is 16.6 Å². The van der Waals surface area contributed by atoms with Gasteiger partial charge in [-0.15, -0.1) is 0 Å². The second kappa shape index (κ2) is 10.4. The zero-order chi connectivity index (χ0) is 27.1. The largest absolute Gasteiger partial charge is 0.494 e. The summed E-state index contributed by atoms with van der Waals surface area (Å²) in [6, 6.07) is 24.3. The van der Waals surface area contributed by atoms with Crippen molar-refractivity contribution in [1.82, 2.24) is 0 Å². The maximum atomic E-state index is 13.9. The smallest absolute Gasteiger partial charge is 0.266 e. The van der Waals surface area contributed by atoms with E-state index in [1.54, 1.807) is 59.7 Å². The molecule has 3 atom stereocenters. The third kappa shape index (κ3) is 4.56. The zero-order valence-electron chi connectivity index (χ0n) is 20.9. The number of ether oxygens (including phenoxy) is 1. The van der Waals surface area contributed by atoms with E-state index in [0.29, 0.717) is 50.9 Å². The molecule has 39 heavy (non-hydrogen) atoms. The SMILES string of the molecule is CCCOc1ccc(N2C(=O)[C@H]3[C@H](ON(c4ccccc4)[C@@H]3c3ccc(-c4ccc(Cl)cc4Cl)o3)C2=O)cc1. The molecule has 0 spiro atoms. The molecule has 9 heteroatoms. The van der Waals surface area contributed by atoms with Crippen LogP contribution < -0.4 is 14.7 Å². The van der Waals surface area contributed by atoms with E-state index in [9.17, 15) is 9.59 Å². The number of carbonyl (C=O) groups is 2. The molecule has 0 saturated carbocycles. The van der Waals surface area contributed by atoms with Gasteiger partial charge in [0.2, 0.25) is 5.91 Å². The summed E-state index contributed by atoms with van der Waals surface area (Å²) in [5.41, 5.74) is 1.82. The first-order valence-electron chi connectivity index (χ1n) is 12.6. The van der Waals surface area contributed by atoms with Gasteiger partial charge in [-0.3, -0.25) is 14.4 Å². The molecular formula is C30H24Cl2N2O5. The fourth-order valence-electron chi connectivity index (χ4n) is 5.01. The molecule has 2 saturated heterocycles. The monoisotopic (exact) mass is 562 g/mol. The predicted molar refractivity (Wildman–Crippen MR) is 149 cm³/mol. The zero-order valence-corrected chi connectivity index (χ0v) is 22.4. The van der Waals surface area contributed by atoms with Crippen molar-refractivity contribution >= 4 is 46.4 Å². The number of anilines is 2. The number of carbonyl (C=O) groups excluding carboxylic acids is 2. The molecule has 4 aromatic rings. The van der Waals surface area contributed by atoms with Crippen LogP contribution in [0.5, 0.6) is 5.75 Å². The molecule has 6 rings (SSSR count). The molecule has 0 unspecified atom stereocenters. The van der Waals surface area contributed by atoms with Gasteiger partial charge in [-0.1, -0.05) is 48.3 Å². The molecule has 2 aliphatic rings. The average molecular weight is 563 g/mol. The Balaban J connectivity index is 1.36. The van der Waals surface area contributed by atoms with Gasteiger partial charge in [0.1, 0.15) is 29.2 Å². The number of imide groups is 1. The Morgan fingerprint density at radius 2 is 1.64 bits per heavy atom. The van der Waals surface area contributed by atoms with Crippen LogP contribution in [0.1, 0.15) is 25.1 Å². The Morgan fingerprint density at radius 3 is 2.36 bits per heavy atom. The summed E-state index contributed by atoms with van der Waals surface area (Å²) in [5, 5.41) is 2.54. The highest BCUT2D eigenvalue weighted by atomic mass is 35.5. The Labute approximate surface area is 235 Å². The van der Waals surface area contributed by atoms with Crippen LogP contribution in [0.2, 0.25) is 10.0 Å².